The van der Waals surface area contributed by atoms with Gasteiger partial charge in [0.05, 0.1) is 5.69 Å². The molecule has 0 spiro atoms. The predicted molar refractivity (Wildman–Crippen MR) is 70.6 cm³/mol. The van der Waals surface area contributed by atoms with Crippen LogP contribution in [0.3, 0.4) is 0 Å². The Kier molecular flexibility index (Phi) is 4.56. The molecule has 0 aliphatic heterocycles. The second-order valence-corrected chi connectivity index (χ2v) is 5.25. The van der Waals surface area contributed by atoms with Crippen LogP contribution in [-0.4, -0.2) is 6.04 Å². The van der Waals surface area contributed by atoms with Crippen LogP contribution in [0.5, 0.6) is 0 Å². The average Bonchev–Trinajstić information content (AvgIpc) is 2.38. The molecule has 0 unspecified atom stereocenters. The number of nitrogens with one attached hydrogen (secondary N) is 1. The van der Waals surface area contributed by atoms with Crippen LogP contribution in [-0.2, 0) is 0 Å². The van der Waals surface area contributed by atoms with E-state index in [0.717, 1.165) is 24.8 Å². The molecule has 0 bridgehead atoms. The van der Waals surface area contributed by atoms with Crippen molar-refractivity contribution in [1.82, 2.24) is 0 Å². The lowest BCUT2D eigenvalue weighted by atomic mass is 9.83. The van der Waals surface area contributed by atoms with E-state index in [9.17, 15) is 8.78 Å². The summed E-state index contributed by atoms with van der Waals surface area (Å²) in [5.74, 6) is -0.710. The van der Waals surface area contributed by atoms with Crippen LogP contribution < -0.4 is 5.32 Å². The van der Waals surface area contributed by atoms with E-state index in [4.69, 9.17) is 0 Å². The van der Waals surface area contributed by atoms with Crippen LogP contribution in [0.4, 0.5) is 14.5 Å². The van der Waals surface area contributed by atoms with E-state index in [0.29, 0.717) is 5.69 Å². The molecule has 18 heavy (non-hydrogen) atoms. The Morgan fingerprint density at radius 1 is 1.17 bits per heavy atom. The average molecular weight is 253 g/mol. The molecule has 0 aromatic heterocycles. The van der Waals surface area contributed by atoms with E-state index < -0.39 is 11.6 Å². The van der Waals surface area contributed by atoms with Gasteiger partial charge in [-0.2, -0.15) is 0 Å². The van der Waals surface area contributed by atoms with Gasteiger partial charge in [-0.3, -0.25) is 0 Å². The van der Waals surface area contributed by atoms with E-state index >= 15 is 0 Å². The summed E-state index contributed by atoms with van der Waals surface area (Å²) < 4.78 is 26.6. The maximum atomic E-state index is 13.5. The highest BCUT2D eigenvalue weighted by Crippen LogP contribution is 2.30. The van der Waals surface area contributed by atoms with Crippen LogP contribution in [0.15, 0.2) is 18.2 Å². The number of benzene rings is 1. The van der Waals surface area contributed by atoms with Gasteiger partial charge < -0.3 is 5.32 Å². The van der Waals surface area contributed by atoms with Crippen molar-refractivity contribution in [3.8, 4) is 0 Å². The smallest absolute Gasteiger partial charge is 0.181 e. The molecule has 1 nitrogen and oxygen atoms in total. The first-order valence-corrected chi connectivity index (χ1v) is 6.91. The van der Waals surface area contributed by atoms with Crippen molar-refractivity contribution < 1.29 is 8.78 Å². The van der Waals surface area contributed by atoms with Crippen LogP contribution >= 0.6 is 0 Å². The fraction of sp³-hybridized carbons (Fsp3) is 0.600. The minimum absolute atomic E-state index is 0.286. The normalized spacial score (nSPS) is 23.9. The second-order valence-electron chi connectivity index (χ2n) is 5.25. The zero-order chi connectivity index (χ0) is 13.0. The standard InChI is InChI=1S/C15H21F2N/c1-2-4-11-7-9-12(10-8-11)18-14-6-3-5-13(16)15(14)17/h3,5-6,11-12,18H,2,4,7-10H2,1H3. The van der Waals surface area contributed by atoms with Crippen LogP contribution in [0.1, 0.15) is 45.4 Å². The molecular formula is C15H21F2N. The molecule has 1 saturated carbocycles. The summed E-state index contributed by atoms with van der Waals surface area (Å²) in [5, 5.41) is 3.14. The van der Waals surface area contributed by atoms with E-state index in [-0.39, 0.29) is 6.04 Å². The van der Waals surface area contributed by atoms with Crippen molar-refractivity contribution in [2.45, 2.75) is 51.5 Å². The molecule has 1 aromatic carbocycles. The lowest BCUT2D eigenvalue weighted by Crippen LogP contribution is -2.26. The minimum atomic E-state index is -0.778. The minimum Gasteiger partial charge on any atom is -0.380 e. The van der Waals surface area contributed by atoms with Crippen LogP contribution in [0.2, 0.25) is 0 Å². The molecule has 0 radical (unpaired) electrons. The summed E-state index contributed by atoms with van der Waals surface area (Å²) in [6.07, 6.45) is 7.04. The SMILES string of the molecule is CCCC1CCC(Nc2cccc(F)c2F)CC1. The fourth-order valence-corrected chi connectivity index (χ4v) is 2.84. The largest absolute Gasteiger partial charge is 0.380 e. The molecule has 0 heterocycles. The molecule has 1 aliphatic carbocycles. The molecular weight excluding hydrogens is 232 g/mol. The molecule has 2 rings (SSSR count). The molecule has 3 heteroatoms. The van der Waals surface area contributed by atoms with Crippen LogP contribution in [0.25, 0.3) is 0 Å². The number of anilines is 1. The summed E-state index contributed by atoms with van der Waals surface area (Å²) in [5.41, 5.74) is 0.300. The van der Waals surface area contributed by atoms with Gasteiger partial charge >= 0.3 is 0 Å². The molecule has 1 aromatic rings. The number of hydrogen-bond acceptors (Lipinski definition) is 1. The van der Waals surface area contributed by atoms with Gasteiger partial charge in [-0.15, -0.1) is 0 Å². The van der Waals surface area contributed by atoms with Gasteiger partial charge in [0.2, 0.25) is 0 Å². The molecule has 100 valence electrons. The fourth-order valence-electron chi connectivity index (χ4n) is 2.84. The summed E-state index contributed by atoms with van der Waals surface area (Å²) in [4.78, 5) is 0. The highest BCUT2D eigenvalue weighted by molar-refractivity contribution is 5.45. The Morgan fingerprint density at radius 2 is 1.89 bits per heavy atom. The summed E-state index contributed by atoms with van der Waals surface area (Å²) >= 11 is 0. The van der Waals surface area contributed by atoms with Crippen molar-refractivity contribution >= 4 is 5.69 Å². The maximum absolute atomic E-state index is 13.5. The number of hydrogen-bond donors (Lipinski definition) is 1. The first-order chi connectivity index (χ1) is 8.70. The molecule has 0 saturated heterocycles. The summed E-state index contributed by atoms with van der Waals surface area (Å²) in [6.45, 7) is 2.21. The summed E-state index contributed by atoms with van der Waals surface area (Å²) in [7, 11) is 0. The Morgan fingerprint density at radius 3 is 2.56 bits per heavy atom. The molecule has 0 amide bonds. The van der Waals surface area contributed by atoms with Crippen molar-refractivity contribution in [3.63, 3.8) is 0 Å². The zero-order valence-electron chi connectivity index (χ0n) is 10.9. The van der Waals surface area contributed by atoms with E-state index in [1.165, 1.54) is 25.7 Å². The monoisotopic (exact) mass is 253 g/mol. The quantitative estimate of drug-likeness (QED) is 0.817. The van der Waals surface area contributed by atoms with Gasteiger partial charge in [0.25, 0.3) is 0 Å². The van der Waals surface area contributed by atoms with Gasteiger partial charge in [-0.05, 0) is 43.7 Å². The molecule has 1 N–H and O–H groups in total. The van der Waals surface area contributed by atoms with E-state index in [1.54, 1.807) is 12.1 Å². The third-order valence-electron chi connectivity index (χ3n) is 3.85. The van der Waals surface area contributed by atoms with E-state index in [2.05, 4.69) is 12.2 Å². The van der Waals surface area contributed by atoms with Crippen molar-refractivity contribution in [2.24, 2.45) is 5.92 Å². The Bertz CT molecular complexity index is 384. The highest BCUT2D eigenvalue weighted by Gasteiger charge is 2.21. The summed E-state index contributed by atoms with van der Waals surface area (Å²) in [6, 6.07) is 4.59. The van der Waals surface area contributed by atoms with Crippen molar-refractivity contribution in [2.75, 3.05) is 5.32 Å². The molecule has 1 fully saturated rings. The van der Waals surface area contributed by atoms with Gasteiger partial charge in [0.1, 0.15) is 0 Å². The lowest BCUT2D eigenvalue weighted by molar-refractivity contribution is 0.318. The molecule has 0 atom stereocenters. The number of halogens is 2. The Balaban J connectivity index is 1.90. The third-order valence-corrected chi connectivity index (χ3v) is 3.85. The predicted octanol–water partition coefficient (Wildman–Crippen LogP) is 4.74. The molecule has 1 aliphatic rings. The van der Waals surface area contributed by atoms with Gasteiger partial charge in [0.15, 0.2) is 11.6 Å². The Hall–Kier alpha value is -1.12. The number of rotatable bonds is 4. The topological polar surface area (TPSA) is 12.0 Å². The first kappa shape index (κ1) is 13.3. The van der Waals surface area contributed by atoms with Gasteiger partial charge in [-0.1, -0.05) is 25.8 Å². The second kappa shape index (κ2) is 6.17. The first-order valence-electron chi connectivity index (χ1n) is 6.91. The maximum Gasteiger partial charge on any atom is 0.181 e. The van der Waals surface area contributed by atoms with Crippen molar-refractivity contribution in [1.29, 1.82) is 0 Å². The zero-order valence-corrected chi connectivity index (χ0v) is 10.9. The van der Waals surface area contributed by atoms with Crippen molar-refractivity contribution in [3.05, 3.63) is 29.8 Å². The van der Waals surface area contributed by atoms with E-state index in [1.807, 2.05) is 0 Å². The van der Waals surface area contributed by atoms with Gasteiger partial charge in [0, 0.05) is 6.04 Å². The lowest BCUT2D eigenvalue weighted by Gasteiger charge is -2.29. The highest BCUT2D eigenvalue weighted by atomic mass is 19.2. The Labute approximate surface area is 108 Å². The van der Waals surface area contributed by atoms with Gasteiger partial charge in [-0.25, -0.2) is 8.78 Å². The van der Waals surface area contributed by atoms with Crippen LogP contribution in [0, 0.1) is 17.6 Å². The third kappa shape index (κ3) is 3.21.